The Hall–Kier alpha value is -2.17. The second-order valence-corrected chi connectivity index (χ2v) is 3.62. The zero-order chi connectivity index (χ0) is 13.2. The fourth-order valence-corrected chi connectivity index (χ4v) is 1.42. The third-order valence-electron chi connectivity index (χ3n) is 2.23. The summed E-state index contributed by atoms with van der Waals surface area (Å²) in [6, 6.07) is 9.58. The van der Waals surface area contributed by atoms with E-state index in [4.69, 9.17) is 4.74 Å². The van der Waals surface area contributed by atoms with E-state index < -0.39 is 6.09 Å². The molecule has 0 aromatic heterocycles. The van der Waals surface area contributed by atoms with Crippen LogP contribution in [0.4, 0.5) is 4.79 Å². The highest BCUT2D eigenvalue weighted by Crippen LogP contribution is 2.06. The molecule has 0 radical (unpaired) electrons. The number of ether oxygens (including phenoxy) is 1. The van der Waals surface area contributed by atoms with Gasteiger partial charge in [0.05, 0.1) is 0 Å². The van der Waals surface area contributed by atoms with Crippen LogP contribution in [0.5, 0.6) is 0 Å². The zero-order valence-electron chi connectivity index (χ0n) is 10.1. The van der Waals surface area contributed by atoms with Gasteiger partial charge in [0, 0.05) is 13.1 Å². The first-order chi connectivity index (χ1) is 8.77. The van der Waals surface area contributed by atoms with Crippen LogP contribution in [0.3, 0.4) is 0 Å². The summed E-state index contributed by atoms with van der Waals surface area (Å²) in [5.74, 6) is 0. The molecule has 5 nitrogen and oxygen atoms in total. The van der Waals surface area contributed by atoms with Crippen molar-refractivity contribution >= 4 is 6.09 Å². The molecule has 0 bridgehead atoms. The quantitative estimate of drug-likeness (QED) is 0.423. The van der Waals surface area contributed by atoms with Crippen LogP contribution in [-0.4, -0.2) is 30.7 Å². The minimum Gasteiger partial charge on any atom is -0.447 e. The highest BCUT2D eigenvalue weighted by molar-refractivity contribution is 5.67. The summed E-state index contributed by atoms with van der Waals surface area (Å²) in [7, 11) is 0. The lowest BCUT2D eigenvalue weighted by Crippen LogP contribution is -2.31. The fraction of sp³-hybridized carbons (Fsp3) is 0.308. The van der Waals surface area contributed by atoms with Gasteiger partial charge < -0.3 is 9.64 Å². The largest absolute Gasteiger partial charge is 0.447 e. The van der Waals surface area contributed by atoms with Gasteiger partial charge in [-0.3, -0.25) is 0 Å². The van der Waals surface area contributed by atoms with Gasteiger partial charge in [-0.25, -0.2) is 4.79 Å². The van der Waals surface area contributed by atoms with Crippen molar-refractivity contribution in [2.24, 2.45) is 5.18 Å². The Labute approximate surface area is 106 Å². The van der Waals surface area contributed by atoms with Crippen LogP contribution in [0.2, 0.25) is 0 Å². The number of hydrogen-bond donors (Lipinski definition) is 0. The number of amides is 1. The number of benzene rings is 1. The second kappa shape index (κ2) is 8.00. The van der Waals surface area contributed by atoms with Crippen LogP contribution in [0, 0.1) is 4.91 Å². The summed E-state index contributed by atoms with van der Waals surface area (Å²) in [6.45, 7) is 4.41. The monoisotopic (exact) mass is 248 g/mol. The molecule has 1 rings (SSSR count). The van der Waals surface area contributed by atoms with Crippen molar-refractivity contribution in [1.29, 1.82) is 0 Å². The Bertz CT molecular complexity index is 392. The Morgan fingerprint density at radius 3 is 2.72 bits per heavy atom. The summed E-state index contributed by atoms with van der Waals surface area (Å²) in [5.41, 5.74) is 1.00. The van der Waals surface area contributed by atoms with Crippen LogP contribution in [0.1, 0.15) is 5.56 Å². The van der Waals surface area contributed by atoms with Crippen LogP contribution < -0.4 is 0 Å². The normalized spacial score (nSPS) is 9.56. The maximum Gasteiger partial charge on any atom is 0.410 e. The number of carbonyl (C=O) groups excluding carboxylic acids is 1. The van der Waals surface area contributed by atoms with Crippen LogP contribution in [-0.2, 0) is 11.3 Å². The SMILES string of the molecule is C=CCN(Cc1ccccc1)C(=O)OCCN=O. The van der Waals surface area contributed by atoms with E-state index in [0.29, 0.717) is 13.1 Å². The number of carbonyl (C=O) groups is 1. The molecule has 0 saturated heterocycles. The van der Waals surface area contributed by atoms with Crippen molar-refractivity contribution in [1.82, 2.24) is 4.90 Å². The van der Waals surface area contributed by atoms with Crippen LogP contribution in [0.15, 0.2) is 48.2 Å². The minimum atomic E-state index is -0.470. The molecule has 1 amide bonds. The smallest absolute Gasteiger partial charge is 0.410 e. The van der Waals surface area contributed by atoms with E-state index in [1.54, 1.807) is 6.08 Å². The average Bonchev–Trinajstić information content (AvgIpc) is 2.39. The maximum atomic E-state index is 11.7. The summed E-state index contributed by atoms with van der Waals surface area (Å²) >= 11 is 0. The Morgan fingerprint density at radius 1 is 1.39 bits per heavy atom. The second-order valence-electron chi connectivity index (χ2n) is 3.62. The molecule has 0 unspecified atom stereocenters. The molecule has 18 heavy (non-hydrogen) atoms. The van der Waals surface area contributed by atoms with Crippen molar-refractivity contribution in [2.75, 3.05) is 19.7 Å². The van der Waals surface area contributed by atoms with Gasteiger partial charge in [-0.1, -0.05) is 41.6 Å². The highest BCUT2D eigenvalue weighted by Gasteiger charge is 2.13. The van der Waals surface area contributed by atoms with Gasteiger partial charge in [0.15, 0.2) is 0 Å². The molecule has 0 atom stereocenters. The predicted molar refractivity (Wildman–Crippen MR) is 69.1 cm³/mol. The van der Waals surface area contributed by atoms with Gasteiger partial charge in [0.1, 0.15) is 13.2 Å². The van der Waals surface area contributed by atoms with Crippen molar-refractivity contribution in [3.63, 3.8) is 0 Å². The van der Waals surface area contributed by atoms with Crippen molar-refractivity contribution in [3.8, 4) is 0 Å². The lowest BCUT2D eigenvalue weighted by molar-refractivity contribution is 0.107. The van der Waals surface area contributed by atoms with E-state index in [1.807, 2.05) is 30.3 Å². The fourth-order valence-electron chi connectivity index (χ4n) is 1.42. The van der Waals surface area contributed by atoms with Crippen molar-refractivity contribution in [3.05, 3.63) is 53.5 Å². The molecular weight excluding hydrogens is 232 g/mol. The molecular formula is C13H16N2O3. The summed E-state index contributed by atoms with van der Waals surface area (Å²) in [5, 5.41) is 2.63. The molecule has 0 heterocycles. The summed E-state index contributed by atoms with van der Waals surface area (Å²) < 4.78 is 4.91. The molecule has 0 N–H and O–H groups in total. The Morgan fingerprint density at radius 2 is 2.11 bits per heavy atom. The lowest BCUT2D eigenvalue weighted by Gasteiger charge is -2.20. The molecule has 0 aliphatic heterocycles. The van der Waals surface area contributed by atoms with Gasteiger partial charge in [-0.2, -0.15) is 4.91 Å². The molecule has 1 aromatic carbocycles. The van der Waals surface area contributed by atoms with Crippen LogP contribution in [0.25, 0.3) is 0 Å². The maximum absolute atomic E-state index is 11.7. The van der Waals surface area contributed by atoms with E-state index in [1.165, 1.54) is 4.90 Å². The van der Waals surface area contributed by atoms with Crippen LogP contribution >= 0.6 is 0 Å². The standard InChI is InChI=1S/C13H16N2O3/c1-2-9-15(13(16)18-10-8-14-17)11-12-6-4-3-5-7-12/h2-7H,1,8-11H2. The van der Waals surface area contributed by atoms with E-state index in [2.05, 4.69) is 11.8 Å². The summed E-state index contributed by atoms with van der Waals surface area (Å²) in [4.78, 5) is 23.1. The number of rotatable bonds is 7. The molecule has 96 valence electrons. The molecule has 0 aliphatic carbocycles. The minimum absolute atomic E-state index is 0.00473. The summed E-state index contributed by atoms with van der Waals surface area (Å²) in [6.07, 6.45) is 1.16. The van der Waals surface area contributed by atoms with E-state index in [0.717, 1.165) is 5.56 Å². The lowest BCUT2D eigenvalue weighted by atomic mass is 10.2. The Kier molecular flexibility index (Phi) is 6.17. The Balaban J connectivity index is 2.55. The van der Waals surface area contributed by atoms with Gasteiger partial charge >= 0.3 is 6.09 Å². The van der Waals surface area contributed by atoms with Gasteiger partial charge in [0.25, 0.3) is 0 Å². The van der Waals surface area contributed by atoms with Gasteiger partial charge in [0.2, 0.25) is 0 Å². The molecule has 0 saturated carbocycles. The third-order valence-corrected chi connectivity index (χ3v) is 2.23. The molecule has 1 aromatic rings. The van der Waals surface area contributed by atoms with Crippen molar-refractivity contribution < 1.29 is 9.53 Å². The number of hydrogen-bond acceptors (Lipinski definition) is 4. The number of nitrogens with zero attached hydrogens (tertiary/aromatic N) is 2. The zero-order valence-corrected chi connectivity index (χ0v) is 10.1. The predicted octanol–water partition coefficient (Wildman–Crippen LogP) is 2.58. The average molecular weight is 248 g/mol. The van der Waals surface area contributed by atoms with E-state index >= 15 is 0 Å². The first-order valence-electron chi connectivity index (χ1n) is 5.63. The first kappa shape index (κ1) is 13.9. The first-order valence-corrected chi connectivity index (χ1v) is 5.63. The highest BCUT2D eigenvalue weighted by atomic mass is 16.6. The van der Waals surface area contributed by atoms with E-state index in [-0.39, 0.29) is 13.2 Å². The van der Waals surface area contributed by atoms with Crippen molar-refractivity contribution in [2.45, 2.75) is 6.54 Å². The number of nitroso groups, excluding NO2 is 1. The third kappa shape index (κ3) is 4.78. The van der Waals surface area contributed by atoms with Gasteiger partial charge in [-0.15, -0.1) is 6.58 Å². The molecule has 0 aliphatic rings. The molecule has 5 heteroatoms. The molecule has 0 spiro atoms. The van der Waals surface area contributed by atoms with E-state index in [9.17, 15) is 9.70 Å². The van der Waals surface area contributed by atoms with Gasteiger partial charge in [-0.05, 0) is 5.56 Å². The molecule has 0 fully saturated rings. The topological polar surface area (TPSA) is 59.0 Å².